The molecule has 2 heterocycles. The van der Waals surface area contributed by atoms with E-state index in [2.05, 4.69) is 58.4 Å². The number of aromatic amines is 1. The van der Waals surface area contributed by atoms with Gasteiger partial charge in [-0.3, -0.25) is 0 Å². The van der Waals surface area contributed by atoms with Gasteiger partial charge in [-0.25, -0.2) is 0 Å². The minimum atomic E-state index is 0.966. The van der Waals surface area contributed by atoms with Gasteiger partial charge in [0.1, 0.15) is 0 Å². The molecule has 29 heavy (non-hydrogen) atoms. The van der Waals surface area contributed by atoms with Crippen LogP contribution in [0.15, 0.2) is 53.4 Å². The zero-order chi connectivity index (χ0) is 19.5. The minimum absolute atomic E-state index is 0.966. The molecule has 1 saturated heterocycles. The Labute approximate surface area is 179 Å². The van der Waals surface area contributed by atoms with E-state index in [0.29, 0.717) is 0 Å². The third kappa shape index (κ3) is 4.35. The summed E-state index contributed by atoms with van der Waals surface area (Å²) in [7, 11) is 0. The summed E-state index contributed by atoms with van der Waals surface area (Å²) >= 11 is 2.05. The van der Waals surface area contributed by atoms with Crippen molar-refractivity contribution in [3.63, 3.8) is 0 Å². The van der Waals surface area contributed by atoms with E-state index in [0.717, 1.165) is 5.92 Å². The maximum Gasteiger partial charge on any atom is 0.0486 e. The topological polar surface area (TPSA) is 19.0 Å². The highest BCUT2D eigenvalue weighted by Gasteiger charge is 2.19. The van der Waals surface area contributed by atoms with Crippen LogP contribution in [0.5, 0.6) is 0 Å². The van der Waals surface area contributed by atoms with Gasteiger partial charge in [-0.05, 0) is 61.3 Å². The molecule has 1 N–H and O–H groups in total. The number of para-hydroxylation sites is 1. The molecule has 1 saturated carbocycles. The van der Waals surface area contributed by atoms with Crippen molar-refractivity contribution in [2.75, 3.05) is 23.7 Å². The third-order valence-corrected chi connectivity index (χ3v) is 7.78. The molecule has 0 spiro atoms. The normalized spacial score (nSPS) is 18.0. The van der Waals surface area contributed by atoms with E-state index < -0.39 is 0 Å². The fraction of sp³-hybridized carbons (Fsp3) is 0.462. The molecule has 1 aromatic heterocycles. The van der Waals surface area contributed by atoms with E-state index in [1.54, 1.807) is 0 Å². The first kappa shape index (κ1) is 19.1. The van der Waals surface area contributed by atoms with Crippen molar-refractivity contribution in [1.82, 2.24) is 4.98 Å². The van der Waals surface area contributed by atoms with Crippen LogP contribution in [-0.4, -0.2) is 23.8 Å². The number of nitrogens with one attached hydrogen (secondary N) is 1. The monoisotopic (exact) mass is 404 g/mol. The first-order valence-corrected chi connectivity index (χ1v) is 12.5. The molecule has 0 amide bonds. The van der Waals surface area contributed by atoms with Gasteiger partial charge < -0.3 is 9.88 Å². The zero-order valence-corrected chi connectivity index (χ0v) is 18.1. The number of H-pyrrole nitrogens is 1. The van der Waals surface area contributed by atoms with Crippen LogP contribution in [0, 0.1) is 5.92 Å². The van der Waals surface area contributed by atoms with Gasteiger partial charge in [0.2, 0.25) is 0 Å². The molecule has 1 aliphatic heterocycles. The summed E-state index contributed by atoms with van der Waals surface area (Å²) in [6.07, 6.45) is 11.3. The first-order chi connectivity index (χ1) is 14.4. The van der Waals surface area contributed by atoms with Crippen molar-refractivity contribution in [2.45, 2.75) is 56.3 Å². The van der Waals surface area contributed by atoms with Gasteiger partial charge in [0.15, 0.2) is 0 Å². The van der Waals surface area contributed by atoms with Gasteiger partial charge in [0, 0.05) is 45.8 Å². The smallest absolute Gasteiger partial charge is 0.0486 e. The molecule has 0 radical (unpaired) electrons. The number of anilines is 1. The average Bonchev–Trinajstić information content (AvgIpc) is 3.44. The molecule has 152 valence electrons. The van der Waals surface area contributed by atoms with E-state index in [1.807, 2.05) is 11.8 Å². The first-order valence-electron chi connectivity index (χ1n) is 11.5. The highest BCUT2D eigenvalue weighted by Crippen LogP contribution is 2.38. The predicted molar refractivity (Wildman–Crippen MR) is 127 cm³/mol. The third-order valence-electron chi connectivity index (χ3n) is 6.75. The Morgan fingerprint density at radius 3 is 2.55 bits per heavy atom. The highest BCUT2D eigenvalue weighted by molar-refractivity contribution is 7.99. The summed E-state index contributed by atoms with van der Waals surface area (Å²) in [6.45, 7) is 2.36. The van der Waals surface area contributed by atoms with Gasteiger partial charge in [0.05, 0.1) is 0 Å². The zero-order valence-electron chi connectivity index (χ0n) is 17.3. The van der Waals surface area contributed by atoms with E-state index in [-0.39, 0.29) is 0 Å². The van der Waals surface area contributed by atoms with Crippen molar-refractivity contribution in [1.29, 1.82) is 0 Å². The maximum absolute atomic E-state index is 3.67. The van der Waals surface area contributed by atoms with Gasteiger partial charge in [-0.1, -0.05) is 50.3 Å². The molecular formula is C26H32N2S. The Morgan fingerprint density at radius 2 is 1.72 bits per heavy atom. The van der Waals surface area contributed by atoms with Crippen LogP contribution in [0.1, 0.15) is 51.4 Å². The number of aromatic nitrogens is 1. The van der Waals surface area contributed by atoms with E-state index in [1.165, 1.54) is 103 Å². The lowest BCUT2D eigenvalue weighted by Crippen LogP contribution is -2.18. The Kier molecular flexibility index (Phi) is 5.85. The Bertz CT molecular complexity index is 915. The molecule has 2 fully saturated rings. The standard InChI is InChI=1S/C26H32N2S/c1-2-8-20(9-3-1)14-17-29-22-12-13-26(28-15-6-7-16-28)23(19-22)25-18-21-10-4-5-11-24(21)27-25/h4-5,10-13,18-20,27H,1-3,6-9,14-17H2. The number of nitrogens with zero attached hydrogens (tertiary/aromatic N) is 1. The van der Waals surface area contributed by atoms with Crippen LogP contribution in [0.4, 0.5) is 5.69 Å². The van der Waals surface area contributed by atoms with E-state index >= 15 is 0 Å². The molecule has 2 aliphatic rings. The van der Waals surface area contributed by atoms with Gasteiger partial charge in [-0.2, -0.15) is 0 Å². The number of fused-ring (bicyclic) bond motifs is 1. The molecule has 2 aromatic carbocycles. The van der Waals surface area contributed by atoms with Crippen molar-refractivity contribution in [3.05, 3.63) is 48.5 Å². The number of rotatable bonds is 6. The summed E-state index contributed by atoms with van der Waals surface area (Å²) < 4.78 is 0. The lowest BCUT2D eigenvalue weighted by molar-refractivity contribution is 0.351. The minimum Gasteiger partial charge on any atom is -0.371 e. The molecule has 3 aromatic rings. The average molecular weight is 405 g/mol. The Hall–Kier alpha value is -1.87. The number of benzene rings is 2. The Balaban J connectivity index is 1.39. The fourth-order valence-corrected chi connectivity index (χ4v) is 6.14. The second-order valence-corrected chi connectivity index (χ2v) is 9.95. The molecule has 3 heteroatoms. The highest BCUT2D eigenvalue weighted by atomic mass is 32.2. The maximum atomic E-state index is 3.67. The van der Waals surface area contributed by atoms with Gasteiger partial charge in [-0.15, -0.1) is 11.8 Å². The predicted octanol–water partition coefficient (Wildman–Crippen LogP) is 7.50. The van der Waals surface area contributed by atoms with Crippen LogP contribution in [0.3, 0.4) is 0 Å². The van der Waals surface area contributed by atoms with E-state index in [4.69, 9.17) is 0 Å². The lowest BCUT2D eigenvalue weighted by atomic mass is 9.88. The number of hydrogen-bond donors (Lipinski definition) is 1. The summed E-state index contributed by atoms with van der Waals surface area (Å²) in [5.74, 6) is 2.22. The summed E-state index contributed by atoms with van der Waals surface area (Å²) in [5.41, 5.74) is 5.24. The molecular weight excluding hydrogens is 372 g/mol. The summed E-state index contributed by atoms with van der Waals surface area (Å²) in [4.78, 5) is 7.66. The Morgan fingerprint density at radius 1 is 0.897 bits per heavy atom. The lowest BCUT2D eigenvalue weighted by Gasteiger charge is -2.22. The second-order valence-electron chi connectivity index (χ2n) is 8.78. The van der Waals surface area contributed by atoms with Crippen LogP contribution >= 0.6 is 11.8 Å². The summed E-state index contributed by atoms with van der Waals surface area (Å²) in [6, 6.07) is 18.1. The van der Waals surface area contributed by atoms with Crippen LogP contribution in [0.25, 0.3) is 22.2 Å². The number of hydrogen-bond acceptors (Lipinski definition) is 2. The van der Waals surface area contributed by atoms with Crippen molar-refractivity contribution in [3.8, 4) is 11.3 Å². The molecule has 0 unspecified atom stereocenters. The van der Waals surface area contributed by atoms with Crippen LogP contribution in [-0.2, 0) is 0 Å². The van der Waals surface area contributed by atoms with Crippen molar-refractivity contribution >= 4 is 28.4 Å². The van der Waals surface area contributed by atoms with Gasteiger partial charge >= 0.3 is 0 Å². The van der Waals surface area contributed by atoms with Crippen LogP contribution < -0.4 is 4.90 Å². The quantitative estimate of drug-likeness (QED) is 0.429. The molecule has 5 rings (SSSR count). The van der Waals surface area contributed by atoms with Crippen molar-refractivity contribution < 1.29 is 0 Å². The molecule has 1 aliphatic carbocycles. The molecule has 2 nitrogen and oxygen atoms in total. The summed E-state index contributed by atoms with van der Waals surface area (Å²) in [5, 5.41) is 1.30. The van der Waals surface area contributed by atoms with Crippen LogP contribution in [0.2, 0.25) is 0 Å². The largest absolute Gasteiger partial charge is 0.371 e. The SMILES string of the molecule is c1ccc2[nH]c(-c3cc(SCCC4CCCCC4)ccc3N3CCCC3)cc2c1. The fourth-order valence-electron chi connectivity index (χ4n) is 5.09. The van der Waals surface area contributed by atoms with Crippen molar-refractivity contribution in [2.24, 2.45) is 5.92 Å². The second kappa shape index (κ2) is 8.87. The van der Waals surface area contributed by atoms with E-state index in [9.17, 15) is 0 Å². The molecule has 0 atom stereocenters. The number of thioether (sulfide) groups is 1. The van der Waals surface area contributed by atoms with Gasteiger partial charge in [0.25, 0.3) is 0 Å². The molecule has 0 bridgehead atoms.